The molecule has 1 saturated heterocycles. The summed E-state index contributed by atoms with van der Waals surface area (Å²) >= 11 is 5.93. The van der Waals surface area contributed by atoms with Crippen LogP contribution in [0.3, 0.4) is 0 Å². The first-order valence-corrected chi connectivity index (χ1v) is 7.50. The predicted octanol–water partition coefficient (Wildman–Crippen LogP) is 3.62. The van der Waals surface area contributed by atoms with E-state index in [4.69, 9.17) is 16.3 Å². The Balaban J connectivity index is 2.29. The third-order valence-corrected chi connectivity index (χ3v) is 4.17. The van der Waals surface area contributed by atoms with Gasteiger partial charge in [-0.2, -0.15) is 13.2 Å². The number of benzene rings is 1. The number of carbonyl (C=O) groups is 1. The quantitative estimate of drug-likeness (QED) is 0.611. The highest BCUT2D eigenvalue weighted by Gasteiger charge is 2.44. The SMILES string of the molecule is CCOC(=O)[C@@H]1CN(CC(F)(F)F)C[C@@H]1c1cccc(F)c1Cl. The van der Waals surface area contributed by atoms with E-state index in [0.29, 0.717) is 5.56 Å². The topological polar surface area (TPSA) is 29.5 Å². The zero-order chi connectivity index (χ0) is 17.2. The average molecular weight is 354 g/mol. The van der Waals surface area contributed by atoms with Crippen LogP contribution in [0.5, 0.6) is 0 Å². The first-order chi connectivity index (χ1) is 10.7. The summed E-state index contributed by atoms with van der Waals surface area (Å²) in [4.78, 5) is 13.2. The summed E-state index contributed by atoms with van der Waals surface area (Å²) in [6.45, 7) is 0.469. The molecule has 0 radical (unpaired) electrons. The van der Waals surface area contributed by atoms with E-state index in [0.717, 1.165) is 11.0 Å². The van der Waals surface area contributed by atoms with Crippen LogP contribution >= 0.6 is 11.6 Å². The molecule has 2 rings (SSSR count). The fourth-order valence-corrected chi connectivity index (χ4v) is 3.14. The van der Waals surface area contributed by atoms with Crippen LogP contribution in [0.4, 0.5) is 17.6 Å². The van der Waals surface area contributed by atoms with E-state index in [1.54, 1.807) is 6.92 Å². The second-order valence-corrected chi connectivity index (χ2v) is 5.80. The third kappa shape index (κ3) is 4.35. The molecule has 23 heavy (non-hydrogen) atoms. The molecule has 1 aliphatic heterocycles. The molecule has 0 saturated carbocycles. The fraction of sp³-hybridized carbons (Fsp3) is 0.533. The van der Waals surface area contributed by atoms with E-state index < -0.39 is 36.3 Å². The highest BCUT2D eigenvalue weighted by atomic mass is 35.5. The van der Waals surface area contributed by atoms with Crippen LogP contribution in [0.25, 0.3) is 0 Å². The molecule has 0 aliphatic carbocycles. The van der Waals surface area contributed by atoms with Crippen molar-refractivity contribution in [1.82, 2.24) is 4.90 Å². The number of carbonyl (C=O) groups excluding carboxylic acids is 1. The zero-order valence-electron chi connectivity index (χ0n) is 12.4. The Kier molecular flexibility index (Phi) is 5.52. The molecule has 0 unspecified atom stereocenters. The fourth-order valence-electron chi connectivity index (χ4n) is 2.88. The number of hydrogen-bond donors (Lipinski definition) is 0. The van der Waals surface area contributed by atoms with Gasteiger partial charge in [-0.05, 0) is 18.6 Å². The lowest BCUT2D eigenvalue weighted by Crippen LogP contribution is -2.33. The number of hydrogen-bond acceptors (Lipinski definition) is 3. The van der Waals surface area contributed by atoms with Crippen molar-refractivity contribution in [3.63, 3.8) is 0 Å². The van der Waals surface area contributed by atoms with Crippen LogP contribution < -0.4 is 0 Å². The van der Waals surface area contributed by atoms with Crippen molar-refractivity contribution in [2.45, 2.75) is 19.0 Å². The van der Waals surface area contributed by atoms with Crippen LogP contribution in [-0.4, -0.2) is 43.3 Å². The molecule has 0 aromatic heterocycles. The van der Waals surface area contributed by atoms with Gasteiger partial charge in [-0.15, -0.1) is 0 Å². The van der Waals surface area contributed by atoms with Crippen molar-refractivity contribution in [3.05, 3.63) is 34.6 Å². The molecule has 0 spiro atoms. The van der Waals surface area contributed by atoms with Crippen LogP contribution in [-0.2, 0) is 9.53 Å². The van der Waals surface area contributed by atoms with Gasteiger partial charge in [-0.3, -0.25) is 9.69 Å². The number of rotatable bonds is 4. The first-order valence-electron chi connectivity index (χ1n) is 7.12. The summed E-state index contributed by atoms with van der Waals surface area (Å²) in [6, 6.07) is 4.11. The van der Waals surface area contributed by atoms with E-state index in [9.17, 15) is 22.4 Å². The Bertz CT molecular complexity index is 579. The van der Waals surface area contributed by atoms with Gasteiger partial charge in [0, 0.05) is 19.0 Å². The lowest BCUT2D eigenvalue weighted by molar-refractivity contribution is -0.151. The maximum absolute atomic E-state index is 13.6. The number of alkyl halides is 3. The number of ether oxygens (including phenoxy) is 1. The smallest absolute Gasteiger partial charge is 0.401 e. The average Bonchev–Trinajstić information content (AvgIpc) is 2.83. The summed E-state index contributed by atoms with van der Waals surface area (Å²) < 4.78 is 56.4. The van der Waals surface area contributed by atoms with Crippen molar-refractivity contribution in [2.75, 3.05) is 26.2 Å². The van der Waals surface area contributed by atoms with E-state index in [-0.39, 0.29) is 24.7 Å². The summed E-state index contributed by atoms with van der Waals surface area (Å²) in [6.07, 6.45) is -4.38. The second kappa shape index (κ2) is 7.05. The summed E-state index contributed by atoms with van der Waals surface area (Å²) in [5, 5.41) is -0.166. The van der Waals surface area contributed by atoms with Gasteiger partial charge in [0.1, 0.15) is 5.82 Å². The Hall–Kier alpha value is -1.34. The molecule has 0 N–H and O–H groups in total. The van der Waals surface area contributed by atoms with Crippen molar-refractivity contribution in [1.29, 1.82) is 0 Å². The molecular weight excluding hydrogens is 338 g/mol. The molecule has 2 atom stereocenters. The standard InChI is InChI=1S/C15H16ClF4NO2/c1-2-23-14(22)11-7-21(8-15(18,19)20)6-10(11)9-4-3-5-12(17)13(9)16/h3-5,10-11H,2,6-8H2,1H3/t10-,11-/m1/s1. The molecule has 1 aromatic rings. The van der Waals surface area contributed by atoms with Gasteiger partial charge >= 0.3 is 12.1 Å². The first kappa shape index (κ1) is 18.0. The minimum atomic E-state index is -4.38. The van der Waals surface area contributed by atoms with Gasteiger partial charge in [0.05, 0.1) is 24.1 Å². The molecule has 1 aromatic carbocycles. The van der Waals surface area contributed by atoms with Gasteiger partial charge in [0.2, 0.25) is 0 Å². The number of esters is 1. The molecule has 0 amide bonds. The van der Waals surface area contributed by atoms with Gasteiger partial charge in [-0.1, -0.05) is 23.7 Å². The normalized spacial score (nSPS) is 22.3. The van der Waals surface area contributed by atoms with Gasteiger partial charge in [-0.25, -0.2) is 4.39 Å². The Morgan fingerprint density at radius 1 is 1.39 bits per heavy atom. The third-order valence-electron chi connectivity index (χ3n) is 3.77. The van der Waals surface area contributed by atoms with Gasteiger partial charge in [0.25, 0.3) is 0 Å². The van der Waals surface area contributed by atoms with Crippen molar-refractivity contribution >= 4 is 17.6 Å². The Morgan fingerprint density at radius 3 is 2.70 bits per heavy atom. The molecular formula is C15H16ClF4NO2. The lowest BCUT2D eigenvalue weighted by Gasteiger charge is -2.19. The van der Waals surface area contributed by atoms with Crippen molar-refractivity contribution < 1.29 is 27.1 Å². The van der Waals surface area contributed by atoms with Crippen LogP contribution in [0.2, 0.25) is 5.02 Å². The highest BCUT2D eigenvalue weighted by Crippen LogP contribution is 2.38. The number of likely N-dealkylation sites (tertiary alicyclic amines) is 1. The molecule has 3 nitrogen and oxygen atoms in total. The monoisotopic (exact) mass is 353 g/mol. The van der Waals surface area contributed by atoms with Gasteiger partial charge in [0.15, 0.2) is 0 Å². The minimum absolute atomic E-state index is 0.0356. The maximum Gasteiger partial charge on any atom is 0.401 e. The molecule has 8 heteroatoms. The maximum atomic E-state index is 13.6. The van der Waals surface area contributed by atoms with Crippen LogP contribution in [0.1, 0.15) is 18.4 Å². The molecule has 1 heterocycles. The Morgan fingerprint density at radius 2 is 2.09 bits per heavy atom. The van der Waals surface area contributed by atoms with Crippen LogP contribution in [0.15, 0.2) is 18.2 Å². The van der Waals surface area contributed by atoms with E-state index in [2.05, 4.69) is 0 Å². The number of halogens is 5. The second-order valence-electron chi connectivity index (χ2n) is 5.42. The lowest BCUT2D eigenvalue weighted by atomic mass is 9.89. The summed E-state index contributed by atoms with van der Waals surface area (Å²) in [5.74, 6) is -2.71. The van der Waals surface area contributed by atoms with E-state index in [1.165, 1.54) is 12.1 Å². The van der Waals surface area contributed by atoms with E-state index in [1.807, 2.05) is 0 Å². The molecule has 128 valence electrons. The zero-order valence-corrected chi connectivity index (χ0v) is 13.1. The summed E-state index contributed by atoms with van der Waals surface area (Å²) in [7, 11) is 0. The highest BCUT2D eigenvalue weighted by molar-refractivity contribution is 6.31. The largest absolute Gasteiger partial charge is 0.466 e. The predicted molar refractivity (Wildman–Crippen MR) is 76.8 cm³/mol. The molecule has 1 aliphatic rings. The number of nitrogens with zero attached hydrogens (tertiary/aromatic N) is 1. The van der Waals surface area contributed by atoms with Gasteiger partial charge < -0.3 is 4.74 Å². The van der Waals surface area contributed by atoms with Crippen molar-refractivity contribution in [3.8, 4) is 0 Å². The Labute approximate surface area is 136 Å². The van der Waals surface area contributed by atoms with E-state index >= 15 is 0 Å². The molecule has 0 bridgehead atoms. The van der Waals surface area contributed by atoms with Crippen LogP contribution in [0, 0.1) is 11.7 Å². The molecule has 1 fully saturated rings. The summed E-state index contributed by atoms with van der Waals surface area (Å²) in [5.41, 5.74) is 0.328. The minimum Gasteiger partial charge on any atom is -0.466 e. The van der Waals surface area contributed by atoms with Crippen molar-refractivity contribution in [2.24, 2.45) is 5.92 Å².